The second-order valence-electron chi connectivity index (χ2n) is 3.34. The summed E-state index contributed by atoms with van der Waals surface area (Å²) < 4.78 is 0.610. The lowest BCUT2D eigenvalue weighted by atomic mass is 10.3. The van der Waals surface area contributed by atoms with Gasteiger partial charge in [0.1, 0.15) is 11.8 Å². The highest BCUT2D eigenvalue weighted by Crippen LogP contribution is 2.26. The van der Waals surface area contributed by atoms with E-state index in [2.05, 4.69) is 15.5 Å². The summed E-state index contributed by atoms with van der Waals surface area (Å²) in [4.78, 5) is 12.3. The maximum atomic E-state index is 11.5. The van der Waals surface area contributed by atoms with Gasteiger partial charge in [0, 0.05) is 17.6 Å². The second kappa shape index (κ2) is 5.31. The number of carbonyl (C=O) groups excluding carboxylic acids is 1. The summed E-state index contributed by atoms with van der Waals surface area (Å²) >= 11 is 7.04. The van der Waals surface area contributed by atoms with Gasteiger partial charge in [-0.15, -0.1) is 11.3 Å². The topological polar surface area (TPSA) is 78.0 Å². The number of halogens is 1. The van der Waals surface area contributed by atoms with Crippen LogP contribution in [0.15, 0.2) is 24.4 Å². The zero-order valence-corrected chi connectivity index (χ0v) is 10.3. The number of hydrogen-bond acceptors (Lipinski definition) is 4. The lowest BCUT2D eigenvalue weighted by molar-refractivity contribution is 0.0913. The summed E-state index contributed by atoms with van der Waals surface area (Å²) in [6, 6.07) is 5.01. The molecule has 90 valence electrons. The van der Waals surface area contributed by atoms with E-state index < -0.39 is 6.10 Å². The highest BCUT2D eigenvalue weighted by Gasteiger charge is 2.13. The van der Waals surface area contributed by atoms with Crippen LogP contribution < -0.4 is 5.32 Å². The van der Waals surface area contributed by atoms with Crippen LogP contribution in [0.5, 0.6) is 0 Å². The fourth-order valence-electron chi connectivity index (χ4n) is 1.27. The average molecular weight is 272 g/mol. The Hall–Kier alpha value is -1.37. The van der Waals surface area contributed by atoms with E-state index in [-0.39, 0.29) is 12.5 Å². The first-order chi connectivity index (χ1) is 8.16. The lowest BCUT2D eigenvalue weighted by Gasteiger charge is -2.09. The molecule has 0 saturated carbocycles. The minimum Gasteiger partial charge on any atom is -0.386 e. The smallest absolute Gasteiger partial charge is 0.269 e. The van der Waals surface area contributed by atoms with Crippen LogP contribution in [0, 0.1) is 0 Å². The third kappa shape index (κ3) is 3.06. The maximum absolute atomic E-state index is 11.5. The molecule has 0 bridgehead atoms. The third-order valence-electron chi connectivity index (χ3n) is 2.12. The van der Waals surface area contributed by atoms with Crippen molar-refractivity contribution in [1.29, 1.82) is 0 Å². The number of aromatic amines is 1. The van der Waals surface area contributed by atoms with Crippen molar-refractivity contribution in [3.8, 4) is 0 Å². The molecule has 0 aliphatic rings. The quantitative estimate of drug-likeness (QED) is 0.790. The van der Waals surface area contributed by atoms with Crippen molar-refractivity contribution in [3.05, 3.63) is 39.3 Å². The summed E-state index contributed by atoms with van der Waals surface area (Å²) in [5.41, 5.74) is 0.362. The van der Waals surface area contributed by atoms with Gasteiger partial charge in [-0.3, -0.25) is 9.89 Å². The Morgan fingerprint density at radius 1 is 1.59 bits per heavy atom. The van der Waals surface area contributed by atoms with Crippen molar-refractivity contribution in [2.45, 2.75) is 6.10 Å². The Bertz CT molecular complexity index is 497. The van der Waals surface area contributed by atoms with E-state index in [0.29, 0.717) is 10.0 Å². The van der Waals surface area contributed by atoms with Gasteiger partial charge in [-0.05, 0) is 18.2 Å². The molecule has 3 N–H and O–H groups in total. The Balaban J connectivity index is 1.88. The van der Waals surface area contributed by atoms with Gasteiger partial charge in [0.2, 0.25) is 0 Å². The summed E-state index contributed by atoms with van der Waals surface area (Å²) in [6.07, 6.45) is 0.740. The zero-order valence-electron chi connectivity index (χ0n) is 8.68. The molecule has 0 unspecified atom stereocenters. The number of amides is 1. The van der Waals surface area contributed by atoms with E-state index in [1.54, 1.807) is 18.2 Å². The van der Waals surface area contributed by atoms with Crippen LogP contribution in [-0.2, 0) is 0 Å². The lowest BCUT2D eigenvalue weighted by Crippen LogP contribution is -2.28. The van der Waals surface area contributed by atoms with Crippen LogP contribution >= 0.6 is 22.9 Å². The van der Waals surface area contributed by atoms with Gasteiger partial charge in [0.15, 0.2) is 0 Å². The van der Waals surface area contributed by atoms with Gasteiger partial charge < -0.3 is 10.4 Å². The number of H-pyrrole nitrogens is 1. The van der Waals surface area contributed by atoms with Crippen molar-refractivity contribution < 1.29 is 9.90 Å². The zero-order chi connectivity index (χ0) is 12.3. The first-order valence-corrected chi connectivity index (χ1v) is 6.07. The SMILES string of the molecule is O=C(NC[C@H](O)c1ccc(Cl)s1)c1ccn[nH]1. The molecule has 0 spiro atoms. The molecule has 0 radical (unpaired) electrons. The fraction of sp³-hybridized carbons (Fsp3) is 0.200. The highest BCUT2D eigenvalue weighted by molar-refractivity contribution is 7.16. The molecule has 0 aliphatic heterocycles. The maximum Gasteiger partial charge on any atom is 0.269 e. The molecule has 0 aromatic carbocycles. The molecule has 2 heterocycles. The number of thiophene rings is 1. The minimum atomic E-state index is -0.751. The van der Waals surface area contributed by atoms with Crippen molar-refractivity contribution in [1.82, 2.24) is 15.5 Å². The van der Waals surface area contributed by atoms with Crippen molar-refractivity contribution in [2.24, 2.45) is 0 Å². The molecule has 0 fully saturated rings. The molecular weight excluding hydrogens is 262 g/mol. The largest absolute Gasteiger partial charge is 0.386 e. The monoisotopic (exact) mass is 271 g/mol. The van der Waals surface area contributed by atoms with Crippen LogP contribution in [0.3, 0.4) is 0 Å². The Morgan fingerprint density at radius 2 is 2.41 bits per heavy atom. The van der Waals surface area contributed by atoms with Crippen molar-refractivity contribution in [2.75, 3.05) is 6.54 Å². The molecular formula is C10H10ClN3O2S. The molecule has 7 heteroatoms. The van der Waals surface area contributed by atoms with Crippen LogP contribution in [-0.4, -0.2) is 27.8 Å². The van der Waals surface area contributed by atoms with Gasteiger partial charge in [-0.1, -0.05) is 11.6 Å². The number of nitrogens with zero attached hydrogens (tertiary/aromatic N) is 1. The number of rotatable bonds is 4. The van der Waals surface area contributed by atoms with Gasteiger partial charge >= 0.3 is 0 Å². The van der Waals surface area contributed by atoms with Crippen LogP contribution in [0.2, 0.25) is 4.34 Å². The number of aliphatic hydroxyl groups excluding tert-OH is 1. The van der Waals surface area contributed by atoms with Crippen LogP contribution in [0.4, 0.5) is 0 Å². The predicted molar refractivity (Wildman–Crippen MR) is 65.2 cm³/mol. The first kappa shape index (κ1) is 12.1. The average Bonchev–Trinajstić information content (AvgIpc) is 2.95. The van der Waals surface area contributed by atoms with Crippen LogP contribution in [0.1, 0.15) is 21.5 Å². The van der Waals surface area contributed by atoms with E-state index in [9.17, 15) is 9.90 Å². The summed E-state index contributed by atoms with van der Waals surface area (Å²) in [7, 11) is 0. The van der Waals surface area contributed by atoms with E-state index in [4.69, 9.17) is 11.6 Å². The van der Waals surface area contributed by atoms with Crippen molar-refractivity contribution >= 4 is 28.8 Å². The molecule has 0 aliphatic carbocycles. The molecule has 0 saturated heterocycles. The van der Waals surface area contributed by atoms with Crippen LogP contribution in [0.25, 0.3) is 0 Å². The molecule has 1 atom stereocenters. The van der Waals surface area contributed by atoms with E-state index in [1.165, 1.54) is 17.5 Å². The van der Waals surface area contributed by atoms with Crippen molar-refractivity contribution in [3.63, 3.8) is 0 Å². The summed E-state index contributed by atoms with van der Waals surface area (Å²) in [6.45, 7) is 0.134. The van der Waals surface area contributed by atoms with Gasteiger partial charge in [0.25, 0.3) is 5.91 Å². The molecule has 1 amide bonds. The molecule has 2 aromatic rings. The number of aliphatic hydroxyl groups is 1. The molecule has 2 aromatic heterocycles. The Labute approximate surface area is 106 Å². The van der Waals surface area contributed by atoms with Gasteiger partial charge in [-0.25, -0.2) is 0 Å². The molecule has 2 rings (SSSR count). The normalized spacial score (nSPS) is 12.4. The summed E-state index contributed by atoms with van der Waals surface area (Å²) in [5.74, 6) is -0.302. The standard InChI is InChI=1S/C10H10ClN3O2S/c11-9-2-1-8(17-9)7(15)5-12-10(16)6-3-4-13-14-6/h1-4,7,15H,5H2,(H,12,16)(H,13,14)/t7-/m0/s1. The van der Waals surface area contributed by atoms with Gasteiger partial charge in [-0.2, -0.15) is 5.10 Å². The van der Waals surface area contributed by atoms with E-state index in [1.807, 2.05) is 0 Å². The minimum absolute atomic E-state index is 0.134. The predicted octanol–water partition coefficient (Wildman–Crippen LogP) is 1.59. The number of hydrogen-bond donors (Lipinski definition) is 3. The van der Waals surface area contributed by atoms with E-state index >= 15 is 0 Å². The number of aromatic nitrogens is 2. The Kier molecular flexibility index (Phi) is 3.78. The number of carbonyl (C=O) groups is 1. The highest BCUT2D eigenvalue weighted by atomic mass is 35.5. The summed E-state index contributed by atoms with van der Waals surface area (Å²) in [5, 5.41) is 18.6. The molecule has 17 heavy (non-hydrogen) atoms. The second-order valence-corrected chi connectivity index (χ2v) is 5.08. The Morgan fingerprint density at radius 3 is 3.00 bits per heavy atom. The molecule has 5 nitrogen and oxygen atoms in total. The third-order valence-corrected chi connectivity index (χ3v) is 3.46. The van der Waals surface area contributed by atoms with Gasteiger partial charge in [0.05, 0.1) is 4.34 Å². The fourth-order valence-corrected chi connectivity index (χ4v) is 2.32. The first-order valence-electron chi connectivity index (χ1n) is 4.87. The number of nitrogens with one attached hydrogen (secondary N) is 2. The van der Waals surface area contributed by atoms with E-state index in [0.717, 1.165) is 4.88 Å².